The van der Waals surface area contributed by atoms with Crippen molar-refractivity contribution in [2.75, 3.05) is 7.11 Å². The van der Waals surface area contributed by atoms with Crippen molar-refractivity contribution in [1.82, 2.24) is 0 Å². The van der Waals surface area contributed by atoms with E-state index in [1.165, 1.54) is 108 Å². The van der Waals surface area contributed by atoms with E-state index in [1.807, 2.05) is 94.4 Å². The van der Waals surface area contributed by atoms with Gasteiger partial charge in [0, 0.05) is 5.02 Å². The maximum atomic E-state index is 12.4. The lowest BCUT2D eigenvalue weighted by Gasteiger charge is -2.00. The van der Waals surface area contributed by atoms with Gasteiger partial charge in [0.05, 0.1) is 7.11 Å². The molecular weight excluding hydrogens is 1230 g/mol. The number of rotatable bonds is 1. The number of methoxy groups -OCH3 is 1. The van der Waals surface area contributed by atoms with Crippen LogP contribution in [0, 0.1) is 156 Å². The minimum atomic E-state index is -0.146. The van der Waals surface area contributed by atoms with Crippen molar-refractivity contribution in [3.05, 3.63) is 419 Å². The average Bonchev–Trinajstić information content (AvgIpc) is 2.17. The molecule has 0 bridgehead atoms. The Balaban J connectivity index is 0.000000535. The molecule has 516 valence electrons. The van der Waals surface area contributed by atoms with Gasteiger partial charge in [0.2, 0.25) is 0 Å². The lowest BCUT2D eigenvalue weighted by atomic mass is 10.2. The normalized spacial score (nSPS) is 9.28. The molecule has 0 aliphatic rings. The molecule has 5 heteroatoms. The van der Waals surface area contributed by atoms with Crippen molar-refractivity contribution >= 4 is 11.6 Å². The van der Waals surface area contributed by atoms with Gasteiger partial charge in [-0.1, -0.05) is 338 Å². The van der Waals surface area contributed by atoms with E-state index in [4.69, 9.17) is 16.3 Å². The molecule has 12 aromatic rings. The Labute approximate surface area is 596 Å². The molecule has 1 nitrogen and oxygen atoms in total. The summed E-state index contributed by atoms with van der Waals surface area (Å²) in [5.41, 5.74) is 24.3. The maximum absolute atomic E-state index is 12.4. The first-order valence-electron chi connectivity index (χ1n) is 33.2. The van der Waals surface area contributed by atoms with Crippen LogP contribution in [0.4, 0.5) is 13.2 Å². The molecule has 12 aromatic carbocycles. The van der Waals surface area contributed by atoms with E-state index >= 15 is 0 Å². The van der Waals surface area contributed by atoms with Crippen molar-refractivity contribution in [3.8, 4) is 5.75 Å². The number of hydrogen-bond acceptors (Lipinski definition) is 1. The van der Waals surface area contributed by atoms with Crippen LogP contribution in [0.3, 0.4) is 0 Å². The Kier molecular flexibility index (Phi) is 44.9. The lowest BCUT2D eigenvalue weighted by Crippen LogP contribution is -1.84. The summed E-state index contributed by atoms with van der Waals surface area (Å²) < 4.78 is 42.1. The molecule has 0 heterocycles. The molecular formula is C93H110ClF3O. The summed E-state index contributed by atoms with van der Waals surface area (Å²) in [5, 5.41) is 0.840. The summed E-state index contributed by atoms with van der Waals surface area (Å²) in [4.78, 5) is 0. The molecule has 0 unspecified atom stereocenters. The minimum Gasteiger partial charge on any atom is -0.496 e. The summed E-state index contributed by atoms with van der Waals surface area (Å²) in [6.07, 6.45) is 0. The highest BCUT2D eigenvalue weighted by Gasteiger charge is 1.94. The highest BCUT2D eigenvalue weighted by Crippen LogP contribution is 2.15. The van der Waals surface area contributed by atoms with E-state index in [-0.39, 0.29) is 17.5 Å². The number of benzene rings is 12. The smallest absolute Gasteiger partial charge is 0.126 e. The van der Waals surface area contributed by atoms with Gasteiger partial charge >= 0.3 is 0 Å². The molecule has 0 amide bonds. The van der Waals surface area contributed by atoms with Crippen LogP contribution in [0.2, 0.25) is 5.02 Å². The predicted octanol–water partition coefficient (Wildman–Crippen LogP) is 27.5. The van der Waals surface area contributed by atoms with Gasteiger partial charge in [-0.05, 0) is 208 Å². The van der Waals surface area contributed by atoms with Crippen LogP contribution in [0.1, 0.15) is 111 Å². The zero-order chi connectivity index (χ0) is 73.4. The molecule has 0 radical (unpaired) electrons. The van der Waals surface area contributed by atoms with Gasteiger partial charge in [-0.2, -0.15) is 0 Å². The Bertz CT molecular complexity index is 3370. The number of hydrogen-bond donors (Lipinski definition) is 0. The molecule has 0 aliphatic carbocycles. The fraction of sp³-hybridized carbons (Fsp3) is 0.226. The summed E-state index contributed by atoms with van der Waals surface area (Å²) in [5.74, 6) is 0.546. The second kappa shape index (κ2) is 50.8. The SMILES string of the molecule is COc1ccccc1C.Cc1cc(C)cc(F)c1.Cc1ccc(C)cc1.Cc1ccc(C)cc1.Cc1ccc(C)cc1.Cc1ccc(C)cc1.Cc1ccc(C)cc1.Cc1cccc(C)c1.Cc1cccc(C)c1.Cc1ccccc1Cl.Cc1ccccc1F.Cc1ccccc1F. The average molecular weight is 1340 g/mol. The number of ether oxygens (including phenoxy) is 1. The fourth-order valence-corrected chi connectivity index (χ4v) is 8.29. The van der Waals surface area contributed by atoms with Crippen molar-refractivity contribution < 1.29 is 17.9 Å². The highest BCUT2D eigenvalue weighted by atomic mass is 35.5. The zero-order valence-corrected chi connectivity index (χ0v) is 63.3. The van der Waals surface area contributed by atoms with Gasteiger partial charge in [-0.3, -0.25) is 0 Å². The van der Waals surface area contributed by atoms with Crippen LogP contribution in [0.5, 0.6) is 5.75 Å². The molecule has 0 aliphatic heterocycles. The maximum Gasteiger partial charge on any atom is 0.126 e. The van der Waals surface area contributed by atoms with Gasteiger partial charge in [0.25, 0.3) is 0 Å². The van der Waals surface area contributed by atoms with E-state index in [2.05, 4.69) is 267 Å². The summed E-state index contributed by atoms with van der Waals surface area (Å²) in [6, 6.07) is 93.4. The third-order valence-electron chi connectivity index (χ3n) is 14.2. The molecule has 0 aromatic heterocycles. The van der Waals surface area contributed by atoms with Crippen LogP contribution < -0.4 is 4.74 Å². The monoisotopic (exact) mass is 1330 g/mol. The lowest BCUT2D eigenvalue weighted by molar-refractivity contribution is 0.411. The number of para-hydroxylation sites is 1. The third kappa shape index (κ3) is 45.0. The first-order valence-corrected chi connectivity index (χ1v) is 33.5. The number of halogens is 4. The van der Waals surface area contributed by atoms with Crippen LogP contribution in [-0.4, -0.2) is 7.11 Å². The second-order valence-electron chi connectivity index (χ2n) is 24.6. The first-order chi connectivity index (χ1) is 46.5. The van der Waals surface area contributed by atoms with E-state index in [0.717, 1.165) is 27.5 Å². The van der Waals surface area contributed by atoms with Crippen LogP contribution in [0.15, 0.2) is 285 Å². The van der Waals surface area contributed by atoms with Crippen molar-refractivity contribution in [2.45, 2.75) is 138 Å². The molecule has 12 rings (SSSR count). The van der Waals surface area contributed by atoms with E-state index < -0.39 is 0 Å². The zero-order valence-electron chi connectivity index (χ0n) is 62.6. The fourth-order valence-electron chi connectivity index (χ4n) is 8.16. The van der Waals surface area contributed by atoms with E-state index in [1.54, 1.807) is 45.2 Å². The Morgan fingerprint density at radius 1 is 0.204 bits per heavy atom. The van der Waals surface area contributed by atoms with Crippen LogP contribution in [-0.2, 0) is 0 Å². The van der Waals surface area contributed by atoms with Crippen molar-refractivity contribution in [1.29, 1.82) is 0 Å². The topological polar surface area (TPSA) is 9.23 Å². The molecule has 0 fully saturated rings. The van der Waals surface area contributed by atoms with Crippen LogP contribution in [0.25, 0.3) is 0 Å². The standard InChI is InChI=1S/C8H9F.C8H10O.7C8H10.C7H7Cl.2C7H7F/c1-6-3-7(2)5-8(9)4-6;1-7-5-3-4-6-8(7)9-2;5*1-7-3-5-8(2)6-4-7;2*1-7-4-3-5-8(2)6-7;3*1-6-4-2-3-5-7(6)8/h3-5H,1-2H3;3-6H,1-2H3;7*3-6H,1-2H3;3*2-5H,1H3. The Morgan fingerprint density at radius 3 is 0.571 bits per heavy atom. The van der Waals surface area contributed by atoms with Gasteiger partial charge in [-0.15, -0.1) is 0 Å². The largest absolute Gasteiger partial charge is 0.496 e. The number of aryl methyl sites for hydroxylation is 20. The third-order valence-corrected chi connectivity index (χ3v) is 14.6. The van der Waals surface area contributed by atoms with Gasteiger partial charge in [0.1, 0.15) is 23.2 Å². The summed E-state index contributed by atoms with van der Waals surface area (Å²) in [6.45, 7) is 40.7. The quantitative estimate of drug-likeness (QED) is 0.159. The highest BCUT2D eigenvalue weighted by molar-refractivity contribution is 6.31. The van der Waals surface area contributed by atoms with E-state index in [9.17, 15) is 13.2 Å². The minimum absolute atomic E-state index is 0.132. The van der Waals surface area contributed by atoms with Crippen molar-refractivity contribution in [2.24, 2.45) is 0 Å². The van der Waals surface area contributed by atoms with Gasteiger partial charge < -0.3 is 4.74 Å². The van der Waals surface area contributed by atoms with Gasteiger partial charge in [0.15, 0.2) is 0 Å². The van der Waals surface area contributed by atoms with Crippen LogP contribution >= 0.6 is 11.6 Å². The summed E-state index contributed by atoms with van der Waals surface area (Å²) in [7, 11) is 1.68. The summed E-state index contributed by atoms with van der Waals surface area (Å²) >= 11 is 5.71. The molecule has 98 heavy (non-hydrogen) atoms. The molecule has 0 N–H and O–H groups in total. The van der Waals surface area contributed by atoms with Crippen molar-refractivity contribution in [3.63, 3.8) is 0 Å². The molecule has 0 atom stereocenters. The molecule has 0 spiro atoms. The Morgan fingerprint density at radius 2 is 0.418 bits per heavy atom. The molecule has 0 saturated carbocycles. The van der Waals surface area contributed by atoms with Gasteiger partial charge in [-0.25, -0.2) is 13.2 Å². The predicted molar refractivity (Wildman–Crippen MR) is 423 cm³/mol. The second-order valence-corrected chi connectivity index (χ2v) is 25.0. The van der Waals surface area contributed by atoms with E-state index in [0.29, 0.717) is 11.1 Å². The molecule has 0 saturated heterocycles. The Hall–Kier alpha value is -9.48. The first kappa shape index (κ1) is 86.5.